The molecule has 0 radical (unpaired) electrons. The maximum absolute atomic E-state index is 12.7. The van der Waals surface area contributed by atoms with Gasteiger partial charge in [-0.2, -0.15) is 26.3 Å². The van der Waals surface area contributed by atoms with Crippen LogP contribution in [0.1, 0.15) is 16.7 Å². The molecule has 2 aromatic rings. The molecule has 0 bridgehead atoms. The summed E-state index contributed by atoms with van der Waals surface area (Å²) >= 11 is 0. The Morgan fingerprint density at radius 1 is 0.864 bits per heavy atom. The Bertz CT molecular complexity index is 644. The van der Waals surface area contributed by atoms with Crippen LogP contribution in [0.25, 0.3) is 0 Å². The largest absolute Gasteiger partial charge is 0.416 e. The lowest BCUT2D eigenvalue weighted by Gasteiger charge is -2.15. The van der Waals surface area contributed by atoms with Crippen molar-refractivity contribution in [1.82, 2.24) is 4.98 Å². The van der Waals surface area contributed by atoms with E-state index in [1.807, 2.05) is 0 Å². The van der Waals surface area contributed by atoms with Gasteiger partial charge in [-0.25, -0.2) is 4.98 Å². The van der Waals surface area contributed by atoms with E-state index < -0.39 is 23.5 Å². The van der Waals surface area contributed by atoms with E-state index in [0.717, 1.165) is 5.56 Å². The summed E-state index contributed by atoms with van der Waals surface area (Å²) in [4.78, 5) is 3.84. The second-order valence-corrected chi connectivity index (χ2v) is 4.64. The van der Waals surface area contributed by atoms with Crippen molar-refractivity contribution in [3.05, 3.63) is 53.2 Å². The highest BCUT2D eigenvalue weighted by molar-refractivity contribution is 5.59. The van der Waals surface area contributed by atoms with Gasteiger partial charge in [-0.05, 0) is 42.8 Å². The molecular weight excluding hydrogens is 310 g/mol. The van der Waals surface area contributed by atoms with Gasteiger partial charge in [0, 0.05) is 11.9 Å². The number of aryl methyl sites for hydroxylation is 1. The lowest BCUT2D eigenvalue weighted by atomic mass is 10.1. The molecule has 0 fully saturated rings. The molecule has 1 aromatic carbocycles. The van der Waals surface area contributed by atoms with Gasteiger partial charge in [-0.1, -0.05) is 0 Å². The van der Waals surface area contributed by atoms with Crippen LogP contribution in [0.3, 0.4) is 0 Å². The van der Waals surface area contributed by atoms with Crippen LogP contribution in [0.2, 0.25) is 0 Å². The normalized spacial score (nSPS) is 12.3. The lowest BCUT2D eigenvalue weighted by molar-refractivity contribution is -0.143. The molecule has 118 valence electrons. The van der Waals surface area contributed by atoms with Gasteiger partial charge in [0.05, 0.1) is 11.1 Å². The molecule has 0 atom stereocenters. The van der Waals surface area contributed by atoms with Crippen molar-refractivity contribution in [2.45, 2.75) is 19.3 Å². The topological polar surface area (TPSA) is 24.9 Å². The second kappa shape index (κ2) is 5.51. The number of anilines is 2. The van der Waals surface area contributed by atoms with Crippen LogP contribution in [0.15, 0.2) is 36.5 Å². The molecule has 0 aliphatic heterocycles. The molecule has 0 saturated carbocycles. The Morgan fingerprint density at radius 2 is 1.41 bits per heavy atom. The van der Waals surface area contributed by atoms with Crippen molar-refractivity contribution in [2.75, 3.05) is 5.32 Å². The second-order valence-electron chi connectivity index (χ2n) is 4.64. The first kappa shape index (κ1) is 16.1. The summed E-state index contributed by atoms with van der Waals surface area (Å²) in [6.07, 6.45) is -8.36. The Hall–Kier alpha value is -2.25. The molecule has 0 unspecified atom stereocenters. The summed E-state index contributed by atoms with van der Waals surface area (Å²) in [5.41, 5.74) is -2.32. The quantitative estimate of drug-likeness (QED) is 0.772. The summed E-state index contributed by atoms with van der Waals surface area (Å²) in [6, 6.07) is 4.46. The van der Waals surface area contributed by atoms with E-state index in [9.17, 15) is 26.3 Å². The van der Waals surface area contributed by atoms with Gasteiger partial charge < -0.3 is 5.32 Å². The highest BCUT2D eigenvalue weighted by Gasteiger charge is 2.36. The SMILES string of the molecule is Cc1ccnc(Nc2cc(C(F)(F)F)cc(C(F)(F)F)c2)c1. The molecule has 1 heterocycles. The fourth-order valence-corrected chi connectivity index (χ4v) is 1.78. The third kappa shape index (κ3) is 3.90. The highest BCUT2D eigenvalue weighted by atomic mass is 19.4. The van der Waals surface area contributed by atoms with Gasteiger partial charge in [0.25, 0.3) is 0 Å². The number of aromatic nitrogens is 1. The summed E-state index contributed by atoms with van der Waals surface area (Å²) < 4.78 is 76.4. The molecule has 2 rings (SSSR count). The molecule has 0 aliphatic rings. The molecular formula is C14H10F6N2. The number of nitrogens with zero attached hydrogens (tertiary/aromatic N) is 1. The minimum Gasteiger partial charge on any atom is -0.340 e. The average molecular weight is 320 g/mol. The number of pyridine rings is 1. The molecule has 2 nitrogen and oxygen atoms in total. The maximum atomic E-state index is 12.7. The van der Waals surface area contributed by atoms with E-state index in [0.29, 0.717) is 12.1 Å². The van der Waals surface area contributed by atoms with E-state index in [2.05, 4.69) is 10.3 Å². The van der Waals surface area contributed by atoms with Gasteiger partial charge in [0.1, 0.15) is 5.82 Å². The number of alkyl halides is 6. The zero-order valence-electron chi connectivity index (χ0n) is 11.2. The third-order valence-electron chi connectivity index (χ3n) is 2.78. The van der Waals surface area contributed by atoms with Gasteiger partial charge in [0.15, 0.2) is 0 Å². The molecule has 8 heteroatoms. The van der Waals surface area contributed by atoms with Crippen LogP contribution < -0.4 is 5.32 Å². The Balaban J connectivity index is 2.46. The maximum Gasteiger partial charge on any atom is 0.416 e. The first-order chi connectivity index (χ1) is 10.1. The summed E-state index contributed by atoms with van der Waals surface area (Å²) in [5.74, 6) is 0.160. The van der Waals surface area contributed by atoms with Crippen molar-refractivity contribution in [2.24, 2.45) is 0 Å². The van der Waals surface area contributed by atoms with Crippen LogP contribution >= 0.6 is 0 Å². The van der Waals surface area contributed by atoms with E-state index >= 15 is 0 Å². The van der Waals surface area contributed by atoms with Gasteiger partial charge >= 0.3 is 12.4 Å². The molecule has 0 amide bonds. The van der Waals surface area contributed by atoms with Crippen molar-refractivity contribution in [3.8, 4) is 0 Å². The standard InChI is InChI=1S/C14H10F6N2/c1-8-2-3-21-12(4-8)22-11-6-9(13(15,16)17)5-10(7-11)14(18,19)20/h2-7H,1H3,(H,21,22). The summed E-state index contributed by atoms with van der Waals surface area (Å²) in [6.45, 7) is 1.72. The monoisotopic (exact) mass is 320 g/mol. The predicted molar refractivity (Wildman–Crippen MR) is 68.7 cm³/mol. The fraction of sp³-hybridized carbons (Fsp3) is 0.214. The van der Waals surface area contributed by atoms with Crippen molar-refractivity contribution in [3.63, 3.8) is 0 Å². The first-order valence-electron chi connectivity index (χ1n) is 6.05. The zero-order valence-corrected chi connectivity index (χ0v) is 11.2. The van der Waals surface area contributed by atoms with E-state index in [1.54, 1.807) is 13.0 Å². The molecule has 0 spiro atoms. The number of halogens is 6. The zero-order chi connectivity index (χ0) is 16.5. The number of nitrogens with one attached hydrogen (secondary N) is 1. The minimum absolute atomic E-state index is 0.0782. The van der Waals surface area contributed by atoms with Crippen LogP contribution in [0.5, 0.6) is 0 Å². The number of hydrogen-bond donors (Lipinski definition) is 1. The Morgan fingerprint density at radius 3 is 1.86 bits per heavy atom. The number of rotatable bonds is 2. The van der Waals surface area contributed by atoms with Crippen LogP contribution in [0.4, 0.5) is 37.8 Å². The third-order valence-corrected chi connectivity index (χ3v) is 2.78. The number of benzene rings is 1. The van der Waals surface area contributed by atoms with Gasteiger partial charge in [-0.3, -0.25) is 0 Å². The predicted octanol–water partition coefficient (Wildman–Crippen LogP) is 5.17. The van der Waals surface area contributed by atoms with Gasteiger partial charge in [0.2, 0.25) is 0 Å². The molecule has 1 aromatic heterocycles. The Labute approximate surface area is 121 Å². The van der Waals surface area contributed by atoms with Crippen molar-refractivity contribution in [1.29, 1.82) is 0 Å². The fourth-order valence-electron chi connectivity index (χ4n) is 1.78. The van der Waals surface area contributed by atoms with Crippen LogP contribution in [0, 0.1) is 6.92 Å². The van der Waals surface area contributed by atoms with Crippen molar-refractivity contribution < 1.29 is 26.3 Å². The lowest BCUT2D eigenvalue weighted by Crippen LogP contribution is -2.11. The van der Waals surface area contributed by atoms with Crippen LogP contribution in [-0.2, 0) is 12.4 Å². The van der Waals surface area contributed by atoms with Gasteiger partial charge in [-0.15, -0.1) is 0 Å². The highest BCUT2D eigenvalue weighted by Crippen LogP contribution is 2.38. The molecule has 0 saturated heterocycles. The van der Waals surface area contributed by atoms with E-state index in [1.165, 1.54) is 12.3 Å². The summed E-state index contributed by atoms with van der Waals surface area (Å²) in [5, 5.41) is 2.46. The molecule has 22 heavy (non-hydrogen) atoms. The minimum atomic E-state index is -4.88. The molecule has 1 N–H and O–H groups in total. The average Bonchev–Trinajstić information content (AvgIpc) is 2.36. The first-order valence-corrected chi connectivity index (χ1v) is 6.05. The van der Waals surface area contributed by atoms with Crippen molar-refractivity contribution >= 4 is 11.5 Å². The Kier molecular flexibility index (Phi) is 4.04. The smallest absolute Gasteiger partial charge is 0.340 e. The van der Waals surface area contributed by atoms with Crippen LogP contribution in [-0.4, -0.2) is 4.98 Å². The number of hydrogen-bond acceptors (Lipinski definition) is 2. The molecule has 0 aliphatic carbocycles. The summed E-state index contributed by atoms with van der Waals surface area (Å²) in [7, 11) is 0. The van der Waals surface area contributed by atoms with E-state index in [4.69, 9.17) is 0 Å². The van der Waals surface area contributed by atoms with E-state index in [-0.39, 0.29) is 17.6 Å².